The number of aromatic nitrogens is 3. The van der Waals surface area contributed by atoms with Crippen molar-refractivity contribution in [3.05, 3.63) is 51.3 Å². The molecule has 0 spiro atoms. The predicted molar refractivity (Wildman–Crippen MR) is 117 cm³/mol. The maximum Gasteiger partial charge on any atom is 0.252 e. The number of fused-ring (bicyclic) bond motifs is 1. The van der Waals surface area contributed by atoms with Crippen molar-refractivity contribution >= 4 is 33.3 Å². The molecule has 1 aliphatic carbocycles. The summed E-state index contributed by atoms with van der Waals surface area (Å²) in [6.07, 6.45) is 6.54. The summed E-state index contributed by atoms with van der Waals surface area (Å²) in [5.74, 6) is 0.229. The zero-order chi connectivity index (χ0) is 20.4. The standard InChI is InChI=1S/C22H26N4O2S/c1-3-17(26-18-12-8-7-11-16(18)14(2)13-19(26)27)20(28)23-22-25-24-21(29-22)15-9-5-4-6-10-15/h7-8,11-13,15,17H,3-6,9-10H2,1-2H3,(H,23,25,28). The number of amides is 1. The minimum atomic E-state index is -0.602. The summed E-state index contributed by atoms with van der Waals surface area (Å²) >= 11 is 1.46. The highest BCUT2D eigenvalue weighted by Crippen LogP contribution is 2.35. The molecule has 29 heavy (non-hydrogen) atoms. The molecule has 1 N–H and O–H groups in total. The van der Waals surface area contributed by atoms with Gasteiger partial charge in [-0.05, 0) is 37.8 Å². The summed E-state index contributed by atoms with van der Waals surface area (Å²) in [5.41, 5.74) is 1.53. The van der Waals surface area contributed by atoms with Crippen LogP contribution in [0.4, 0.5) is 5.13 Å². The van der Waals surface area contributed by atoms with Gasteiger partial charge in [-0.2, -0.15) is 0 Å². The van der Waals surface area contributed by atoms with Crippen LogP contribution < -0.4 is 10.9 Å². The van der Waals surface area contributed by atoms with Crippen LogP contribution >= 0.6 is 11.3 Å². The highest BCUT2D eigenvalue weighted by atomic mass is 32.1. The van der Waals surface area contributed by atoms with E-state index in [9.17, 15) is 9.59 Å². The van der Waals surface area contributed by atoms with Gasteiger partial charge < -0.3 is 0 Å². The van der Waals surface area contributed by atoms with E-state index in [0.717, 1.165) is 34.3 Å². The third-order valence-electron chi connectivity index (χ3n) is 5.79. The van der Waals surface area contributed by atoms with Gasteiger partial charge in [-0.3, -0.25) is 19.5 Å². The van der Waals surface area contributed by atoms with Crippen LogP contribution in [0, 0.1) is 6.92 Å². The molecule has 2 heterocycles. The second kappa shape index (κ2) is 8.45. The highest BCUT2D eigenvalue weighted by Gasteiger charge is 2.25. The van der Waals surface area contributed by atoms with Crippen molar-refractivity contribution in [1.29, 1.82) is 0 Å². The number of anilines is 1. The van der Waals surface area contributed by atoms with Gasteiger partial charge in [-0.25, -0.2) is 0 Å². The van der Waals surface area contributed by atoms with E-state index in [2.05, 4.69) is 15.5 Å². The number of rotatable bonds is 5. The second-order valence-corrected chi connectivity index (χ2v) is 8.76. The van der Waals surface area contributed by atoms with Crippen molar-refractivity contribution in [1.82, 2.24) is 14.8 Å². The molecular weight excluding hydrogens is 384 g/mol. The summed E-state index contributed by atoms with van der Waals surface area (Å²) in [6.45, 7) is 3.84. The molecule has 1 saturated carbocycles. The molecule has 0 saturated heterocycles. The number of aryl methyl sites for hydroxylation is 1. The van der Waals surface area contributed by atoms with Crippen LogP contribution in [0.1, 0.15) is 68.0 Å². The van der Waals surface area contributed by atoms with Gasteiger partial charge in [0, 0.05) is 17.4 Å². The van der Waals surface area contributed by atoms with E-state index in [-0.39, 0.29) is 11.5 Å². The lowest BCUT2D eigenvalue weighted by Gasteiger charge is -2.20. The largest absolute Gasteiger partial charge is 0.299 e. The van der Waals surface area contributed by atoms with E-state index in [4.69, 9.17) is 0 Å². The van der Waals surface area contributed by atoms with E-state index in [1.807, 2.05) is 38.1 Å². The summed E-state index contributed by atoms with van der Waals surface area (Å²) in [6, 6.07) is 8.71. The number of para-hydroxylation sites is 1. The average molecular weight is 411 g/mol. The van der Waals surface area contributed by atoms with Gasteiger partial charge >= 0.3 is 0 Å². The third kappa shape index (κ3) is 3.96. The van der Waals surface area contributed by atoms with Gasteiger partial charge in [-0.15, -0.1) is 10.2 Å². The quantitative estimate of drug-likeness (QED) is 0.655. The van der Waals surface area contributed by atoms with Crippen molar-refractivity contribution in [3.8, 4) is 0 Å². The Labute approximate surface area is 174 Å². The lowest BCUT2D eigenvalue weighted by atomic mass is 9.90. The predicted octanol–water partition coefficient (Wildman–Crippen LogP) is 4.80. The molecule has 6 nitrogen and oxygen atoms in total. The topological polar surface area (TPSA) is 76.9 Å². The zero-order valence-electron chi connectivity index (χ0n) is 16.9. The minimum Gasteiger partial charge on any atom is -0.299 e. The number of nitrogens with one attached hydrogen (secondary N) is 1. The van der Waals surface area contributed by atoms with Crippen LogP contribution in [0.2, 0.25) is 0 Å². The molecule has 0 aliphatic heterocycles. The smallest absolute Gasteiger partial charge is 0.252 e. The first-order valence-electron chi connectivity index (χ1n) is 10.3. The number of benzene rings is 1. The summed E-state index contributed by atoms with van der Waals surface area (Å²) in [7, 11) is 0. The van der Waals surface area contributed by atoms with Crippen molar-refractivity contribution in [2.45, 2.75) is 64.3 Å². The Morgan fingerprint density at radius 3 is 2.76 bits per heavy atom. The van der Waals surface area contributed by atoms with Gasteiger partial charge in [0.25, 0.3) is 5.56 Å². The number of carbonyl (C=O) groups is 1. The van der Waals surface area contributed by atoms with Crippen molar-refractivity contribution in [2.24, 2.45) is 0 Å². The lowest BCUT2D eigenvalue weighted by molar-refractivity contribution is -0.119. The SMILES string of the molecule is CCC(C(=O)Nc1nnc(C2CCCCC2)s1)n1c(=O)cc(C)c2ccccc21. The van der Waals surface area contributed by atoms with Crippen LogP contribution in [-0.2, 0) is 4.79 Å². The van der Waals surface area contributed by atoms with Crippen molar-refractivity contribution < 1.29 is 4.79 Å². The molecule has 7 heteroatoms. The molecule has 3 aromatic rings. The fourth-order valence-electron chi connectivity index (χ4n) is 4.26. The second-order valence-electron chi connectivity index (χ2n) is 7.75. The maximum atomic E-state index is 13.1. The van der Waals surface area contributed by atoms with E-state index < -0.39 is 6.04 Å². The van der Waals surface area contributed by atoms with Gasteiger partial charge in [-0.1, -0.05) is 55.7 Å². The molecule has 1 atom stereocenters. The molecular formula is C22H26N4O2S. The van der Waals surface area contributed by atoms with E-state index >= 15 is 0 Å². The monoisotopic (exact) mass is 410 g/mol. The molecule has 1 unspecified atom stereocenters. The molecule has 1 amide bonds. The molecule has 1 aromatic carbocycles. The first kappa shape index (κ1) is 19.8. The average Bonchev–Trinajstić information content (AvgIpc) is 3.20. The fraction of sp³-hybridized carbons (Fsp3) is 0.455. The van der Waals surface area contributed by atoms with E-state index in [1.165, 1.54) is 30.6 Å². The zero-order valence-corrected chi connectivity index (χ0v) is 17.7. The summed E-state index contributed by atoms with van der Waals surface area (Å²) < 4.78 is 1.60. The van der Waals surface area contributed by atoms with Gasteiger partial charge in [0.1, 0.15) is 11.0 Å². The molecule has 0 radical (unpaired) electrons. The minimum absolute atomic E-state index is 0.164. The summed E-state index contributed by atoms with van der Waals surface area (Å²) in [5, 5.41) is 13.9. The molecule has 152 valence electrons. The van der Waals surface area contributed by atoms with Gasteiger partial charge in [0.15, 0.2) is 0 Å². The van der Waals surface area contributed by atoms with Crippen molar-refractivity contribution in [2.75, 3.05) is 5.32 Å². The third-order valence-corrected chi connectivity index (χ3v) is 6.79. The first-order chi connectivity index (χ1) is 14.1. The normalized spacial score (nSPS) is 16.1. The number of pyridine rings is 1. The number of hydrogen-bond donors (Lipinski definition) is 1. The summed E-state index contributed by atoms with van der Waals surface area (Å²) in [4.78, 5) is 25.9. The Bertz CT molecular complexity index is 1080. The van der Waals surface area contributed by atoms with Crippen LogP contribution in [0.25, 0.3) is 10.9 Å². The molecule has 2 aromatic heterocycles. The lowest BCUT2D eigenvalue weighted by Crippen LogP contribution is -2.33. The maximum absolute atomic E-state index is 13.1. The number of hydrogen-bond acceptors (Lipinski definition) is 5. The van der Waals surface area contributed by atoms with Crippen LogP contribution in [0.15, 0.2) is 35.1 Å². The highest BCUT2D eigenvalue weighted by molar-refractivity contribution is 7.15. The number of carbonyl (C=O) groups excluding carboxylic acids is 1. The van der Waals surface area contributed by atoms with E-state index in [0.29, 0.717) is 17.5 Å². The Balaban J connectivity index is 1.61. The molecule has 1 aliphatic rings. The van der Waals surface area contributed by atoms with Crippen molar-refractivity contribution in [3.63, 3.8) is 0 Å². The Kier molecular flexibility index (Phi) is 5.76. The number of nitrogens with zero attached hydrogens (tertiary/aromatic N) is 3. The Hall–Kier alpha value is -2.54. The van der Waals surface area contributed by atoms with E-state index in [1.54, 1.807) is 10.6 Å². The first-order valence-corrected chi connectivity index (χ1v) is 11.1. The fourth-order valence-corrected chi connectivity index (χ4v) is 5.18. The van der Waals surface area contributed by atoms with Crippen LogP contribution in [0.5, 0.6) is 0 Å². The van der Waals surface area contributed by atoms with Gasteiger partial charge in [0.05, 0.1) is 5.52 Å². The van der Waals surface area contributed by atoms with Gasteiger partial charge in [0.2, 0.25) is 11.0 Å². The Morgan fingerprint density at radius 1 is 1.24 bits per heavy atom. The molecule has 4 rings (SSSR count). The molecule has 0 bridgehead atoms. The van der Waals surface area contributed by atoms with Crippen LogP contribution in [0.3, 0.4) is 0 Å². The molecule has 1 fully saturated rings. The van der Waals surface area contributed by atoms with Crippen LogP contribution in [-0.4, -0.2) is 20.7 Å². The Morgan fingerprint density at radius 2 is 2.00 bits per heavy atom.